The summed E-state index contributed by atoms with van der Waals surface area (Å²) in [5.41, 5.74) is 2.75. The van der Waals surface area contributed by atoms with Crippen molar-refractivity contribution in [3.63, 3.8) is 0 Å². The summed E-state index contributed by atoms with van der Waals surface area (Å²) in [5, 5.41) is 0. The largest absolute Gasteiger partial charge is 0.307 e. The van der Waals surface area contributed by atoms with E-state index >= 15 is 0 Å². The van der Waals surface area contributed by atoms with Crippen molar-refractivity contribution in [1.82, 2.24) is 4.98 Å². The molecule has 0 aliphatic carbocycles. The molecular formula is C16H15BrN2O. The molecule has 1 aliphatic rings. The van der Waals surface area contributed by atoms with Crippen LogP contribution in [0, 0.1) is 0 Å². The minimum atomic E-state index is -0.0272. The van der Waals surface area contributed by atoms with Gasteiger partial charge in [0.2, 0.25) is 0 Å². The SMILES string of the molecule is O=C(c1cccc(Br)n1)N1CCCCc2ccccc21. The second-order valence-electron chi connectivity index (χ2n) is 4.89. The Balaban J connectivity index is 1.99. The second kappa shape index (κ2) is 5.75. The molecule has 0 fully saturated rings. The molecule has 0 saturated carbocycles. The number of hydrogen-bond acceptors (Lipinski definition) is 2. The van der Waals surface area contributed by atoms with Gasteiger partial charge in [0.05, 0.1) is 0 Å². The molecule has 1 aromatic carbocycles. The fourth-order valence-corrected chi connectivity index (χ4v) is 2.91. The average molecular weight is 331 g/mol. The molecule has 1 amide bonds. The number of carbonyl (C=O) groups excluding carboxylic acids is 1. The maximum Gasteiger partial charge on any atom is 0.276 e. The predicted molar refractivity (Wildman–Crippen MR) is 83.0 cm³/mol. The standard InChI is InChI=1S/C16H15BrN2O/c17-15-10-5-8-13(18-15)16(20)19-11-4-3-7-12-6-1-2-9-14(12)19/h1-2,5-6,8-10H,3-4,7,11H2. The highest BCUT2D eigenvalue weighted by Crippen LogP contribution is 2.27. The van der Waals surface area contributed by atoms with Crippen molar-refractivity contribution in [3.8, 4) is 0 Å². The molecule has 0 atom stereocenters. The first-order valence-corrected chi connectivity index (χ1v) is 7.57. The first-order valence-electron chi connectivity index (χ1n) is 6.78. The van der Waals surface area contributed by atoms with Crippen molar-refractivity contribution in [3.05, 3.63) is 58.3 Å². The van der Waals surface area contributed by atoms with Gasteiger partial charge < -0.3 is 4.90 Å². The van der Waals surface area contributed by atoms with Crippen LogP contribution in [0.15, 0.2) is 47.1 Å². The molecule has 0 saturated heterocycles. The molecule has 0 bridgehead atoms. The molecule has 2 heterocycles. The number of halogens is 1. The molecule has 20 heavy (non-hydrogen) atoms. The molecule has 2 aromatic rings. The molecule has 102 valence electrons. The van der Waals surface area contributed by atoms with Crippen LogP contribution in [0.4, 0.5) is 5.69 Å². The van der Waals surface area contributed by atoms with E-state index < -0.39 is 0 Å². The maximum atomic E-state index is 12.7. The molecular weight excluding hydrogens is 316 g/mol. The lowest BCUT2D eigenvalue weighted by Crippen LogP contribution is -2.32. The third kappa shape index (κ3) is 2.61. The van der Waals surface area contributed by atoms with Crippen LogP contribution < -0.4 is 4.90 Å². The van der Waals surface area contributed by atoms with E-state index in [0.29, 0.717) is 10.3 Å². The quantitative estimate of drug-likeness (QED) is 0.744. The number of benzene rings is 1. The van der Waals surface area contributed by atoms with Gasteiger partial charge in [-0.3, -0.25) is 4.79 Å². The monoisotopic (exact) mass is 330 g/mol. The number of hydrogen-bond donors (Lipinski definition) is 0. The number of nitrogens with zero attached hydrogens (tertiary/aromatic N) is 2. The highest BCUT2D eigenvalue weighted by molar-refractivity contribution is 9.10. The number of amides is 1. The van der Waals surface area contributed by atoms with E-state index in [2.05, 4.69) is 27.0 Å². The molecule has 1 aromatic heterocycles. The van der Waals surface area contributed by atoms with Gasteiger partial charge in [-0.2, -0.15) is 0 Å². The van der Waals surface area contributed by atoms with Gasteiger partial charge in [-0.15, -0.1) is 0 Å². The van der Waals surface area contributed by atoms with Crippen molar-refractivity contribution < 1.29 is 4.79 Å². The minimum absolute atomic E-state index is 0.0272. The van der Waals surface area contributed by atoms with E-state index in [1.54, 1.807) is 6.07 Å². The van der Waals surface area contributed by atoms with Crippen LogP contribution in [-0.2, 0) is 6.42 Å². The molecule has 3 rings (SSSR count). The second-order valence-corrected chi connectivity index (χ2v) is 5.70. The summed E-state index contributed by atoms with van der Waals surface area (Å²) in [4.78, 5) is 18.8. The Bertz CT molecular complexity index is 642. The summed E-state index contributed by atoms with van der Waals surface area (Å²) in [6.07, 6.45) is 3.17. The first kappa shape index (κ1) is 13.3. The van der Waals surface area contributed by atoms with Gasteiger partial charge in [-0.1, -0.05) is 24.3 Å². The smallest absolute Gasteiger partial charge is 0.276 e. The molecule has 0 unspecified atom stereocenters. The number of rotatable bonds is 1. The Morgan fingerprint density at radius 3 is 2.80 bits per heavy atom. The van der Waals surface area contributed by atoms with Gasteiger partial charge >= 0.3 is 0 Å². The summed E-state index contributed by atoms with van der Waals surface area (Å²) in [6.45, 7) is 0.754. The molecule has 0 radical (unpaired) electrons. The Morgan fingerprint density at radius 1 is 1.10 bits per heavy atom. The summed E-state index contributed by atoms with van der Waals surface area (Å²) in [7, 11) is 0. The van der Waals surface area contributed by atoms with Crippen LogP contribution in [-0.4, -0.2) is 17.4 Å². The van der Waals surface area contributed by atoms with Gasteiger partial charge in [-0.05, 0) is 59.0 Å². The van der Waals surface area contributed by atoms with Gasteiger partial charge in [0, 0.05) is 12.2 Å². The summed E-state index contributed by atoms with van der Waals surface area (Å²) in [5.74, 6) is -0.0272. The maximum absolute atomic E-state index is 12.7. The van der Waals surface area contributed by atoms with E-state index in [4.69, 9.17) is 0 Å². The minimum Gasteiger partial charge on any atom is -0.307 e. The van der Waals surface area contributed by atoms with Crippen molar-refractivity contribution in [2.24, 2.45) is 0 Å². The lowest BCUT2D eigenvalue weighted by molar-refractivity contribution is 0.0982. The van der Waals surface area contributed by atoms with Crippen LogP contribution in [0.2, 0.25) is 0 Å². The lowest BCUT2D eigenvalue weighted by atomic mass is 10.1. The third-order valence-electron chi connectivity index (χ3n) is 3.54. The zero-order chi connectivity index (χ0) is 13.9. The first-order chi connectivity index (χ1) is 9.75. The number of fused-ring (bicyclic) bond motifs is 1. The van der Waals surface area contributed by atoms with Gasteiger partial charge in [0.1, 0.15) is 10.3 Å². The fraction of sp³-hybridized carbons (Fsp3) is 0.250. The summed E-state index contributed by atoms with van der Waals surface area (Å²) < 4.78 is 0.687. The summed E-state index contributed by atoms with van der Waals surface area (Å²) in [6, 6.07) is 13.6. The average Bonchev–Trinajstić information content (AvgIpc) is 2.69. The Hall–Kier alpha value is -1.68. The highest BCUT2D eigenvalue weighted by Gasteiger charge is 2.22. The van der Waals surface area contributed by atoms with Crippen LogP contribution in [0.1, 0.15) is 28.9 Å². The topological polar surface area (TPSA) is 33.2 Å². The summed E-state index contributed by atoms with van der Waals surface area (Å²) >= 11 is 3.32. The fourth-order valence-electron chi connectivity index (χ4n) is 2.57. The van der Waals surface area contributed by atoms with E-state index in [0.717, 1.165) is 31.5 Å². The van der Waals surface area contributed by atoms with Crippen molar-refractivity contribution >= 4 is 27.5 Å². The third-order valence-corrected chi connectivity index (χ3v) is 3.98. The normalized spacial score (nSPS) is 14.6. The van der Waals surface area contributed by atoms with Crippen LogP contribution in [0.25, 0.3) is 0 Å². The van der Waals surface area contributed by atoms with Gasteiger partial charge in [0.25, 0.3) is 5.91 Å². The number of pyridine rings is 1. The Morgan fingerprint density at radius 2 is 1.95 bits per heavy atom. The zero-order valence-corrected chi connectivity index (χ0v) is 12.6. The van der Waals surface area contributed by atoms with E-state index in [1.165, 1.54) is 5.56 Å². The molecule has 3 nitrogen and oxygen atoms in total. The lowest BCUT2D eigenvalue weighted by Gasteiger charge is -2.22. The Labute approximate surface area is 126 Å². The molecule has 1 aliphatic heterocycles. The van der Waals surface area contributed by atoms with E-state index in [1.807, 2.05) is 35.2 Å². The number of aromatic nitrogens is 1. The van der Waals surface area contributed by atoms with Gasteiger partial charge in [-0.25, -0.2) is 4.98 Å². The van der Waals surface area contributed by atoms with Gasteiger partial charge in [0.15, 0.2) is 0 Å². The number of para-hydroxylation sites is 1. The molecule has 0 spiro atoms. The van der Waals surface area contributed by atoms with E-state index in [9.17, 15) is 4.79 Å². The number of aryl methyl sites for hydroxylation is 1. The van der Waals surface area contributed by atoms with E-state index in [-0.39, 0.29) is 5.91 Å². The predicted octanol–water partition coefficient (Wildman–Crippen LogP) is 3.83. The Kier molecular flexibility index (Phi) is 3.83. The zero-order valence-electron chi connectivity index (χ0n) is 11.1. The highest BCUT2D eigenvalue weighted by atomic mass is 79.9. The van der Waals surface area contributed by atoms with Crippen molar-refractivity contribution in [1.29, 1.82) is 0 Å². The van der Waals surface area contributed by atoms with Crippen LogP contribution in [0.5, 0.6) is 0 Å². The molecule has 0 N–H and O–H groups in total. The molecule has 4 heteroatoms. The van der Waals surface area contributed by atoms with Crippen molar-refractivity contribution in [2.75, 3.05) is 11.4 Å². The number of carbonyl (C=O) groups is 1. The number of anilines is 1. The van der Waals surface area contributed by atoms with Crippen LogP contribution in [0.3, 0.4) is 0 Å². The van der Waals surface area contributed by atoms with Crippen LogP contribution >= 0.6 is 15.9 Å². The van der Waals surface area contributed by atoms with Crippen molar-refractivity contribution in [2.45, 2.75) is 19.3 Å².